The summed E-state index contributed by atoms with van der Waals surface area (Å²) in [6.07, 6.45) is 19.4. The van der Waals surface area contributed by atoms with E-state index in [2.05, 4.69) is 10.6 Å². The number of rotatable bonds is 5. The highest BCUT2D eigenvalue weighted by atomic mass is 16.5. The van der Waals surface area contributed by atoms with Gasteiger partial charge < -0.3 is 25.2 Å². The van der Waals surface area contributed by atoms with Crippen LogP contribution < -0.4 is 10.6 Å². The van der Waals surface area contributed by atoms with Crippen molar-refractivity contribution < 1.29 is 38.6 Å². The molecule has 0 unspecified atom stereocenters. The lowest BCUT2D eigenvalue weighted by atomic mass is 9.88. The number of amides is 2. The molecule has 0 spiro atoms. The van der Waals surface area contributed by atoms with E-state index in [1.807, 2.05) is 19.1 Å². The molecule has 254 valence electrons. The fourth-order valence-corrected chi connectivity index (χ4v) is 6.18. The molecule has 2 amide bonds. The second-order valence-corrected chi connectivity index (χ2v) is 13.1. The molecule has 0 aromatic carbocycles. The zero-order chi connectivity index (χ0) is 34.0. The maximum Gasteiger partial charge on any atom is 0.332 e. The number of aliphatic hydroxyl groups excluding tert-OH is 1. The minimum Gasteiger partial charge on any atom is -0.460 e. The van der Waals surface area contributed by atoms with Crippen LogP contribution in [0.2, 0.25) is 0 Å². The standard InChI is InChI=1S/C37H48N2O8/c1-24-13-12-16-27-21-28(40)22-30(34(27)43)38-32(41)23-29(46-3)17-10-5-4-6-11-18-31(25(2)33(24)42)47-36(45)37(19-20-37)39-35(44)26-14-8-7-9-15-26/h4-6,10-11,13,17,21-22,25-26,29,31,33,42H,7-9,12,14-16,18-20,23H2,1-3H3,(H,38,41)(H,39,44)/b5-4+,11-6-,17-10+,24-13+/t25-,29+,31+,33+/m1/s1. The van der Waals surface area contributed by atoms with Crippen LogP contribution in [0.1, 0.15) is 84.5 Å². The molecule has 4 rings (SSSR count). The number of nitrogens with one attached hydrogen (secondary N) is 2. The van der Waals surface area contributed by atoms with Gasteiger partial charge in [-0.3, -0.25) is 19.2 Å². The molecule has 3 aliphatic carbocycles. The smallest absolute Gasteiger partial charge is 0.332 e. The van der Waals surface area contributed by atoms with Gasteiger partial charge >= 0.3 is 5.97 Å². The number of carbonyl (C=O) groups is 5. The van der Waals surface area contributed by atoms with Crippen molar-refractivity contribution in [3.05, 3.63) is 71.5 Å². The SMILES string of the molecule is CO[C@H]1/C=C/C=C/C=C\C[C@H](OC(=O)C2(NC(=O)C3CCCCC3)CC2)[C@@H](C)[C@@H](O)/C(C)=C/CCC2=CC(=O)C=C(NC(=O)C1)C2=O. The molecular weight excluding hydrogens is 600 g/mol. The third kappa shape index (κ3) is 10.0. The Morgan fingerprint density at radius 3 is 2.45 bits per heavy atom. The lowest BCUT2D eigenvalue weighted by Gasteiger charge is -2.30. The zero-order valence-corrected chi connectivity index (χ0v) is 27.7. The monoisotopic (exact) mass is 648 g/mol. The number of carbonyl (C=O) groups excluding carboxylic acids is 5. The summed E-state index contributed by atoms with van der Waals surface area (Å²) in [5.41, 5.74) is -0.190. The van der Waals surface area contributed by atoms with Crippen molar-refractivity contribution in [2.45, 2.75) is 108 Å². The van der Waals surface area contributed by atoms with Gasteiger partial charge in [0.1, 0.15) is 11.6 Å². The first-order chi connectivity index (χ1) is 22.5. The number of fused-ring (bicyclic) bond motifs is 2. The molecular formula is C37H48N2O8. The van der Waals surface area contributed by atoms with E-state index >= 15 is 0 Å². The van der Waals surface area contributed by atoms with Crippen LogP contribution in [-0.2, 0) is 33.4 Å². The van der Waals surface area contributed by atoms with E-state index in [1.54, 1.807) is 37.3 Å². The third-order valence-corrected chi connectivity index (χ3v) is 9.43. The third-order valence-electron chi connectivity index (χ3n) is 9.43. The van der Waals surface area contributed by atoms with Crippen molar-refractivity contribution in [1.82, 2.24) is 10.6 Å². The maximum atomic E-state index is 13.5. The highest BCUT2D eigenvalue weighted by molar-refractivity contribution is 6.21. The first-order valence-corrected chi connectivity index (χ1v) is 16.7. The Balaban J connectivity index is 1.52. The minimum atomic E-state index is -1.01. The topological polar surface area (TPSA) is 148 Å². The van der Waals surface area contributed by atoms with Gasteiger partial charge in [-0.1, -0.05) is 68.7 Å². The van der Waals surface area contributed by atoms with E-state index in [0.29, 0.717) is 31.3 Å². The molecule has 0 saturated heterocycles. The van der Waals surface area contributed by atoms with Crippen molar-refractivity contribution in [3.63, 3.8) is 0 Å². The van der Waals surface area contributed by atoms with Crippen molar-refractivity contribution in [3.8, 4) is 0 Å². The van der Waals surface area contributed by atoms with Gasteiger partial charge in [0.2, 0.25) is 17.6 Å². The number of esters is 1. The summed E-state index contributed by atoms with van der Waals surface area (Å²) in [7, 11) is 1.47. The molecule has 47 heavy (non-hydrogen) atoms. The molecule has 10 nitrogen and oxygen atoms in total. The van der Waals surface area contributed by atoms with Gasteiger partial charge in [-0.2, -0.15) is 0 Å². The van der Waals surface area contributed by atoms with Crippen LogP contribution in [-0.4, -0.2) is 65.4 Å². The molecule has 0 aromatic heterocycles. The second-order valence-electron chi connectivity index (χ2n) is 13.1. The molecule has 3 N–H and O–H groups in total. The normalized spacial score (nSPS) is 31.0. The molecule has 1 heterocycles. The van der Waals surface area contributed by atoms with Crippen LogP contribution in [0, 0.1) is 11.8 Å². The zero-order valence-electron chi connectivity index (χ0n) is 27.7. The molecule has 10 heteroatoms. The summed E-state index contributed by atoms with van der Waals surface area (Å²) in [4.78, 5) is 64.6. The largest absolute Gasteiger partial charge is 0.460 e. The van der Waals surface area contributed by atoms with Crippen LogP contribution >= 0.6 is 0 Å². The Hall–Kier alpha value is -3.89. The van der Waals surface area contributed by atoms with Gasteiger partial charge in [0.25, 0.3) is 0 Å². The van der Waals surface area contributed by atoms with E-state index in [4.69, 9.17) is 9.47 Å². The summed E-state index contributed by atoms with van der Waals surface area (Å²) in [5, 5.41) is 16.9. The average Bonchev–Trinajstić information content (AvgIpc) is 3.84. The molecule has 2 fully saturated rings. The summed E-state index contributed by atoms with van der Waals surface area (Å²) in [6, 6.07) is 0. The predicted molar refractivity (Wildman–Crippen MR) is 176 cm³/mol. The maximum absolute atomic E-state index is 13.5. The predicted octanol–water partition coefficient (Wildman–Crippen LogP) is 4.41. The van der Waals surface area contributed by atoms with Crippen molar-refractivity contribution in [1.29, 1.82) is 0 Å². The molecule has 4 atom stereocenters. The van der Waals surface area contributed by atoms with E-state index < -0.39 is 53.2 Å². The Kier molecular flexibility index (Phi) is 12.8. The van der Waals surface area contributed by atoms with Crippen molar-refractivity contribution >= 4 is 29.4 Å². The number of ketones is 2. The number of allylic oxidation sites excluding steroid dienone is 8. The molecule has 2 saturated carbocycles. The Morgan fingerprint density at radius 2 is 1.74 bits per heavy atom. The fourth-order valence-electron chi connectivity index (χ4n) is 6.18. The van der Waals surface area contributed by atoms with E-state index in [1.165, 1.54) is 13.2 Å². The van der Waals surface area contributed by atoms with Gasteiger partial charge in [0.15, 0.2) is 5.78 Å². The summed E-state index contributed by atoms with van der Waals surface area (Å²) in [6.45, 7) is 3.59. The Morgan fingerprint density at radius 1 is 1.02 bits per heavy atom. The number of aliphatic hydroxyl groups is 1. The van der Waals surface area contributed by atoms with Gasteiger partial charge in [-0.25, -0.2) is 4.79 Å². The first-order valence-electron chi connectivity index (χ1n) is 16.7. The van der Waals surface area contributed by atoms with Crippen molar-refractivity contribution in [2.24, 2.45) is 11.8 Å². The Bertz CT molecular complexity index is 1390. The van der Waals surface area contributed by atoms with Crippen LogP contribution in [0.25, 0.3) is 0 Å². The van der Waals surface area contributed by atoms with E-state index in [0.717, 1.165) is 38.2 Å². The van der Waals surface area contributed by atoms with Gasteiger partial charge in [0, 0.05) is 37.0 Å². The lowest BCUT2D eigenvalue weighted by Crippen LogP contribution is -2.48. The molecule has 4 aliphatic rings. The molecule has 1 aliphatic heterocycles. The van der Waals surface area contributed by atoms with Gasteiger partial charge in [-0.15, -0.1) is 0 Å². The van der Waals surface area contributed by atoms with E-state index in [-0.39, 0.29) is 35.9 Å². The van der Waals surface area contributed by atoms with Crippen LogP contribution in [0.4, 0.5) is 0 Å². The summed E-state index contributed by atoms with van der Waals surface area (Å²) in [5.74, 6) is -2.41. The van der Waals surface area contributed by atoms with Gasteiger partial charge in [-0.05, 0) is 57.1 Å². The molecule has 2 bridgehead atoms. The minimum absolute atomic E-state index is 0.0537. The highest BCUT2D eigenvalue weighted by Crippen LogP contribution is 2.39. The van der Waals surface area contributed by atoms with Crippen LogP contribution in [0.3, 0.4) is 0 Å². The highest BCUT2D eigenvalue weighted by Gasteiger charge is 2.54. The molecule has 0 aromatic rings. The van der Waals surface area contributed by atoms with Crippen LogP contribution in [0.15, 0.2) is 71.5 Å². The lowest BCUT2D eigenvalue weighted by molar-refractivity contribution is -0.158. The van der Waals surface area contributed by atoms with Crippen molar-refractivity contribution in [2.75, 3.05) is 7.11 Å². The van der Waals surface area contributed by atoms with Crippen LogP contribution in [0.5, 0.6) is 0 Å². The van der Waals surface area contributed by atoms with Gasteiger partial charge in [0.05, 0.1) is 24.3 Å². The Labute approximate surface area is 277 Å². The number of methoxy groups -OCH3 is 1. The average molecular weight is 649 g/mol. The quantitative estimate of drug-likeness (QED) is 0.226. The number of ether oxygens (including phenoxy) is 2. The molecule has 0 radical (unpaired) electrons. The summed E-state index contributed by atoms with van der Waals surface area (Å²) >= 11 is 0. The van der Waals surface area contributed by atoms with E-state index in [9.17, 15) is 29.1 Å². The number of hydrogen-bond acceptors (Lipinski definition) is 8. The fraction of sp³-hybridized carbons (Fsp3) is 0.541. The number of Topliss-reactive ketones (excluding diaryl/α,β-unsaturated/α-hetero) is 1. The number of hydrogen-bond donors (Lipinski definition) is 3. The summed E-state index contributed by atoms with van der Waals surface area (Å²) < 4.78 is 11.4. The first kappa shape index (κ1) is 36.0. The second kappa shape index (κ2) is 16.8.